The Hall–Kier alpha value is -2.59. The summed E-state index contributed by atoms with van der Waals surface area (Å²) in [5.41, 5.74) is 4.80. The quantitative estimate of drug-likeness (QED) is 0.634. The number of aryl methyl sites for hydroxylation is 2. The Morgan fingerprint density at radius 2 is 1.80 bits per heavy atom. The van der Waals surface area contributed by atoms with E-state index in [4.69, 9.17) is 4.74 Å². The molecular formula is C21H25N3O. The van der Waals surface area contributed by atoms with Gasteiger partial charge in [-0.3, -0.25) is 0 Å². The molecule has 0 amide bonds. The zero-order valence-corrected chi connectivity index (χ0v) is 14.9. The number of methoxy groups -OCH3 is 1. The Balaban J connectivity index is 1.45. The second-order valence-electron chi connectivity index (χ2n) is 6.15. The van der Waals surface area contributed by atoms with E-state index in [2.05, 4.69) is 47.8 Å². The van der Waals surface area contributed by atoms with Gasteiger partial charge in [0.25, 0.3) is 0 Å². The van der Waals surface area contributed by atoms with Gasteiger partial charge in [0.15, 0.2) is 0 Å². The highest BCUT2D eigenvalue weighted by Gasteiger charge is 2.06. The van der Waals surface area contributed by atoms with Crippen LogP contribution < -0.4 is 10.1 Å². The molecule has 4 nitrogen and oxygen atoms in total. The zero-order chi connectivity index (χ0) is 17.5. The smallest absolute Gasteiger partial charge is 0.118 e. The Labute approximate surface area is 149 Å². The summed E-state index contributed by atoms with van der Waals surface area (Å²) < 4.78 is 7.15. The van der Waals surface area contributed by atoms with E-state index in [9.17, 15) is 0 Å². The summed E-state index contributed by atoms with van der Waals surface area (Å²) in [4.78, 5) is 0. The molecule has 1 heterocycles. The monoisotopic (exact) mass is 335 g/mol. The molecule has 3 rings (SSSR count). The lowest BCUT2D eigenvalue weighted by atomic mass is 10.1. The highest BCUT2D eigenvalue weighted by atomic mass is 16.5. The summed E-state index contributed by atoms with van der Waals surface area (Å²) in [5.74, 6) is 0.898. The Bertz CT molecular complexity index is 779. The average Bonchev–Trinajstić information content (AvgIpc) is 3.03. The lowest BCUT2D eigenvalue weighted by molar-refractivity contribution is 0.414. The molecule has 1 aromatic heterocycles. The second-order valence-corrected chi connectivity index (χ2v) is 6.15. The first kappa shape index (κ1) is 17.2. The molecule has 3 aromatic rings. The maximum Gasteiger partial charge on any atom is 0.118 e. The lowest BCUT2D eigenvalue weighted by Crippen LogP contribution is -2.15. The van der Waals surface area contributed by atoms with E-state index in [0.29, 0.717) is 0 Å². The van der Waals surface area contributed by atoms with Crippen LogP contribution in [0, 0.1) is 6.92 Å². The number of nitrogens with zero attached hydrogens (tertiary/aromatic N) is 2. The minimum absolute atomic E-state index is 0.881. The molecule has 25 heavy (non-hydrogen) atoms. The molecule has 0 unspecified atom stereocenters. The molecule has 130 valence electrons. The summed E-state index contributed by atoms with van der Waals surface area (Å²) in [7, 11) is 1.69. The van der Waals surface area contributed by atoms with Gasteiger partial charge in [-0.25, -0.2) is 4.68 Å². The van der Waals surface area contributed by atoms with Gasteiger partial charge in [-0.05, 0) is 61.7 Å². The topological polar surface area (TPSA) is 39.1 Å². The summed E-state index contributed by atoms with van der Waals surface area (Å²) in [6.45, 7) is 3.95. The number of aromatic nitrogens is 2. The third-order valence-electron chi connectivity index (χ3n) is 4.31. The number of hydrogen-bond acceptors (Lipinski definition) is 3. The van der Waals surface area contributed by atoms with E-state index in [1.807, 2.05) is 35.0 Å². The van der Waals surface area contributed by atoms with Gasteiger partial charge in [0, 0.05) is 12.7 Å². The lowest BCUT2D eigenvalue weighted by Gasteiger charge is -2.06. The van der Waals surface area contributed by atoms with Gasteiger partial charge < -0.3 is 10.1 Å². The van der Waals surface area contributed by atoms with Gasteiger partial charge in [0.05, 0.1) is 18.5 Å². The molecular weight excluding hydrogens is 310 g/mol. The van der Waals surface area contributed by atoms with Crippen LogP contribution in [0.3, 0.4) is 0 Å². The van der Waals surface area contributed by atoms with E-state index in [1.165, 1.54) is 11.1 Å². The van der Waals surface area contributed by atoms with Crippen molar-refractivity contribution in [3.63, 3.8) is 0 Å². The minimum atomic E-state index is 0.881. The van der Waals surface area contributed by atoms with Gasteiger partial charge in [-0.2, -0.15) is 5.10 Å². The van der Waals surface area contributed by atoms with Crippen LogP contribution in [-0.2, 0) is 13.0 Å². The van der Waals surface area contributed by atoms with Gasteiger partial charge in [0.2, 0.25) is 0 Å². The van der Waals surface area contributed by atoms with Crippen LogP contribution in [0.2, 0.25) is 0 Å². The van der Waals surface area contributed by atoms with Crippen molar-refractivity contribution < 1.29 is 4.74 Å². The highest BCUT2D eigenvalue weighted by Crippen LogP contribution is 2.13. The van der Waals surface area contributed by atoms with Crippen molar-refractivity contribution in [3.8, 4) is 11.4 Å². The second kappa shape index (κ2) is 8.49. The molecule has 2 aromatic carbocycles. The van der Waals surface area contributed by atoms with E-state index in [1.54, 1.807) is 7.11 Å². The fourth-order valence-electron chi connectivity index (χ4n) is 2.83. The maximum absolute atomic E-state index is 5.18. The molecule has 0 fully saturated rings. The van der Waals surface area contributed by atoms with Crippen LogP contribution in [0.25, 0.3) is 5.69 Å². The predicted molar refractivity (Wildman–Crippen MR) is 101 cm³/mol. The molecule has 1 N–H and O–H groups in total. The van der Waals surface area contributed by atoms with Crippen LogP contribution in [0.4, 0.5) is 0 Å². The van der Waals surface area contributed by atoms with Crippen molar-refractivity contribution in [1.29, 1.82) is 0 Å². The summed E-state index contributed by atoms with van der Waals surface area (Å²) in [6, 6.07) is 18.4. The van der Waals surface area contributed by atoms with Gasteiger partial charge in [0.1, 0.15) is 5.75 Å². The van der Waals surface area contributed by atoms with E-state index in [0.717, 1.165) is 43.1 Å². The van der Waals surface area contributed by atoms with Crippen LogP contribution in [0.1, 0.15) is 23.2 Å². The fraction of sp³-hybridized carbons (Fsp3) is 0.286. The van der Waals surface area contributed by atoms with Gasteiger partial charge >= 0.3 is 0 Å². The number of para-hydroxylation sites is 1. The van der Waals surface area contributed by atoms with Crippen molar-refractivity contribution in [2.75, 3.05) is 13.7 Å². The molecule has 4 heteroatoms. The fourth-order valence-corrected chi connectivity index (χ4v) is 2.83. The van der Waals surface area contributed by atoms with Crippen LogP contribution in [0.5, 0.6) is 5.75 Å². The van der Waals surface area contributed by atoms with Gasteiger partial charge in [-0.1, -0.05) is 30.3 Å². The molecule has 0 spiro atoms. The molecule has 0 bridgehead atoms. The number of rotatable bonds is 8. The predicted octanol–water partition coefficient (Wildman–Crippen LogP) is 3.91. The number of nitrogens with one attached hydrogen (secondary N) is 1. The van der Waals surface area contributed by atoms with E-state index < -0.39 is 0 Å². The molecule has 0 saturated carbocycles. The maximum atomic E-state index is 5.18. The van der Waals surface area contributed by atoms with E-state index >= 15 is 0 Å². The first-order valence-corrected chi connectivity index (χ1v) is 8.70. The van der Waals surface area contributed by atoms with Crippen LogP contribution in [0.15, 0.2) is 60.8 Å². The Kier molecular flexibility index (Phi) is 5.86. The average molecular weight is 335 g/mol. The SMILES string of the molecule is COc1ccc(CNCCCc2cn(-c3ccccc3)nc2C)cc1. The molecule has 0 aliphatic rings. The molecule has 0 atom stereocenters. The minimum Gasteiger partial charge on any atom is -0.497 e. The van der Waals surface area contributed by atoms with Gasteiger partial charge in [-0.15, -0.1) is 0 Å². The summed E-state index contributed by atoms with van der Waals surface area (Å²) in [6.07, 6.45) is 4.28. The highest BCUT2D eigenvalue weighted by molar-refractivity contribution is 5.32. The largest absolute Gasteiger partial charge is 0.497 e. The number of hydrogen-bond donors (Lipinski definition) is 1. The van der Waals surface area contributed by atoms with Crippen LogP contribution in [-0.4, -0.2) is 23.4 Å². The standard InChI is InChI=1S/C21H25N3O/c1-17-19(16-24(23-17)20-8-4-3-5-9-20)7-6-14-22-15-18-10-12-21(25-2)13-11-18/h3-5,8-13,16,22H,6-7,14-15H2,1-2H3. The molecule has 0 aliphatic heterocycles. The Morgan fingerprint density at radius 3 is 2.52 bits per heavy atom. The van der Waals surface area contributed by atoms with Crippen molar-refractivity contribution in [3.05, 3.63) is 77.6 Å². The first-order valence-electron chi connectivity index (χ1n) is 8.70. The first-order chi connectivity index (χ1) is 12.3. The zero-order valence-electron chi connectivity index (χ0n) is 14.9. The third-order valence-corrected chi connectivity index (χ3v) is 4.31. The van der Waals surface area contributed by atoms with Crippen molar-refractivity contribution in [2.45, 2.75) is 26.3 Å². The normalized spacial score (nSPS) is 10.8. The van der Waals surface area contributed by atoms with Crippen molar-refractivity contribution >= 4 is 0 Å². The molecule has 0 aliphatic carbocycles. The van der Waals surface area contributed by atoms with Crippen molar-refractivity contribution in [1.82, 2.24) is 15.1 Å². The molecule has 0 radical (unpaired) electrons. The summed E-state index contributed by atoms with van der Waals surface area (Å²) in [5, 5.41) is 8.13. The van der Waals surface area contributed by atoms with Crippen molar-refractivity contribution in [2.24, 2.45) is 0 Å². The third kappa shape index (κ3) is 4.70. The number of benzene rings is 2. The molecule has 0 saturated heterocycles. The Morgan fingerprint density at radius 1 is 1.04 bits per heavy atom. The van der Waals surface area contributed by atoms with Crippen LogP contribution >= 0.6 is 0 Å². The summed E-state index contributed by atoms with van der Waals surface area (Å²) >= 11 is 0. The number of ether oxygens (including phenoxy) is 1. The van der Waals surface area contributed by atoms with E-state index in [-0.39, 0.29) is 0 Å².